The van der Waals surface area contributed by atoms with Gasteiger partial charge in [0, 0.05) is 26.1 Å². The molecular weight excluding hydrogens is 190 g/mol. The number of rotatable bonds is 4. The summed E-state index contributed by atoms with van der Waals surface area (Å²) in [7, 11) is 0. The summed E-state index contributed by atoms with van der Waals surface area (Å²) in [4.78, 5) is 13.8. The Morgan fingerprint density at radius 2 is 1.80 bits per heavy atom. The molecular formula is C12H21NO2. The average molecular weight is 211 g/mol. The van der Waals surface area contributed by atoms with Crippen molar-refractivity contribution in [2.45, 2.75) is 44.9 Å². The minimum Gasteiger partial charge on any atom is -0.396 e. The molecule has 3 nitrogen and oxygen atoms in total. The Morgan fingerprint density at radius 1 is 1.13 bits per heavy atom. The molecule has 1 saturated carbocycles. The van der Waals surface area contributed by atoms with Gasteiger partial charge in [0.25, 0.3) is 0 Å². The third kappa shape index (κ3) is 2.71. The lowest BCUT2D eigenvalue weighted by Gasteiger charge is -2.32. The zero-order valence-corrected chi connectivity index (χ0v) is 9.37. The Hall–Kier alpha value is -0.570. The summed E-state index contributed by atoms with van der Waals surface area (Å²) in [5, 5.41) is 8.64. The van der Waals surface area contributed by atoms with E-state index >= 15 is 0 Å². The van der Waals surface area contributed by atoms with Gasteiger partial charge in [0.1, 0.15) is 0 Å². The quantitative estimate of drug-likeness (QED) is 0.717. The Labute approximate surface area is 91.5 Å². The molecule has 2 rings (SSSR count). The number of unbranched alkanes of at least 4 members (excludes halogenated alkanes) is 1. The fourth-order valence-electron chi connectivity index (χ4n) is 2.45. The molecule has 86 valence electrons. The first-order valence-corrected chi connectivity index (χ1v) is 6.14. The van der Waals surface area contributed by atoms with Gasteiger partial charge in [0.05, 0.1) is 0 Å². The maximum absolute atomic E-state index is 11.7. The van der Waals surface area contributed by atoms with Crippen LogP contribution in [0.3, 0.4) is 0 Å². The van der Waals surface area contributed by atoms with E-state index in [4.69, 9.17) is 5.11 Å². The first-order valence-electron chi connectivity index (χ1n) is 6.14. The van der Waals surface area contributed by atoms with Crippen molar-refractivity contribution >= 4 is 5.91 Å². The molecule has 1 N–H and O–H groups in total. The third-order valence-electron chi connectivity index (χ3n) is 3.93. The van der Waals surface area contributed by atoms with E-state index in [1.807, 2.05) is 4.90 Å². The molecule has 0 atom stereocenters. The zero-order chi connectivity index (χ0) is 10.7. The molecule has 2 fully saturated rings. The van der Waals surface area contributed by atoms with Crippen molar-refractivity contribution in [1.82, 2.24) is 4.90 Å². The van der Waals surface area contributed by atoms with Crippen LogP contribution in [0.4, 0.5) is 0 Å². The van der Waals surface area contributed by atoms with Gasteiger partial charge in [-0.3, -0.25) is 4.79 Å². The zero-order valence-electron chi connectivity index (χ0n) is 9.37. The predicted molar refractivity (Wildman–Crippen MR) is 58.4 cm³/mol. The molecule has 1 saturated heterocycles. The first kappa shape index (κ1) is 10.9. The number of aliphatic hydroxyl groups excluding tert-OH is 1. The average Bonchev–Trinajstić information content (AvgIpc) is 2.99. The molecule has 2 aliphatic rings. The van der Waals surface area contributed by atoms with Crippen molar-refractivity contribution in [3.05, 3.63) is 0 Å². The van der Waals surface area contributed by atoms with E-state index in [0.29, 0.717) is 17.7 Å². The first-order chi connectivity index (χ1) is 7.26. The minimum absolute atomic E-state index is 0.205. The number of nitrogens with zero attached hydrogens (tertiary/aromatic N) is 1. The fraction of sp³-hybridized carbons (Fsp3) is 0.917. The lowest BCUT2D eigenvalue weighted by molar-refractivity contribution is -0.132. The van der Waals surface area contributed by atoms with E-state index in [9.17, 15) is 4.79 Å². The number of piperidine rings is 1. The summed E-state index contributed by atoms with van der Waals surface area (Å²) in [5.41, 5.74) is 0.655. The Kier molecular flexibility index (Phi) is 3.29. The van der Waals surface area contributed by atoms with Crippen LogP contribution in [-0.4, -0.2) is 35.6 Å². The van der Waals surface area contributed by atoms with Gasteiger partial charge in [-0.15, -0.1) is 0 Å². The highest BCUT2D eigenvalue weighted by molar-refractivity contribution is 5.76. The van der Waals surface area contributed by atoms with Crippen molar-refractivity contribution in [1.29, 1.82) is 0 Å². The maximum atomic E-state index is 11.7. The number of carbonyl (C=O) groups excluding carboxylic acids is 1. The van der Waals surface area contributed by atoms with Crippen LogP contribution >= 0.6 is 0 Å². The number of aliphatic hydroxyl groups is 1. The smallest absolute Gasteiger partial charge is 0.222 e. The van der Waals surface area contributed by atoms with Gasteiger partial charge in [0.15, 0.2) is 0 Å². The molecule has 1 spiro atoms. The molecule has 0 aromatic rings. The predicted octanol–water partition coefficient (Wildman–Crippen LogP) is 1.55. The van der Waals surface area contributed by atoms with Crippen molar-refractivity contribution in [2.75, 3.05) is 19.7 Å². The summed E-state index contributed by atoms with van der Waals surface area (Å²) in [6, 6.07) is 0. The minimum atomic E-state index is 0.205. The van der Waals surface area contributed by atoms with Gasteiger partial charge in [-0.2, -0.15) is 0 Å². The van der Waals surface area contributed by atoms with Crippen LogP contribution in [0.1, 0.15) is 44.9 Å². The van der Waals surface area contributed by atoms with Gasteiger partial charge >= 0.3 is 0 Å². The van der Waals surface area contributed by atoms with Crippen LogP contribution in [0.2, 0.25) is 0 Å². The molecule has 0 bridgehead atoms. The highest BCUT2D eigenvalue weighted by Gasteiger charge is 2.44. The van der Waals surface area contributed by atoms with Crippen molar-refractivity contribution in [2.24, 2.45) is 5.41 Å². The molecule has 3 heteroatoms. The van der Waals surface area contributed by atoms with Crippen LogP contribution in [-0.2, 0) is 4.79 Å². The van der Waals surface area contributed by atoms with E-state index < -0.39 is 0 Å². The number of carbonyl (C=O) groups is 1. The second kappa shape index (κ2) is 4.52. The van der Waals surface area contributed by atoms with E-state index in [1.54, 1.807) is 0 Å². The van der Waals surface area contributed by atoms with Crippen LogP contribution < -0.4 is 0 Å². The lowest BCUT2D eigenvalue weighted by Crippen LogP contribution is -2.38. The fourth-order valence-corrected chi connectivity index (χ4v) is 2.45. The van der Waals surface area contributed by atoms with Gasteiger partial charge in [-0.25, -0.2) is 0 Å². The van der Waals surface area contributed by atoms with Crippen LogP contribution in [0, 0.1) is 5.41 Å². The van der Waals surface area contributed by atoms with Crippen molar-refractivity contribution < 1.29 is 9.90 Å². The second-order valence-electron chi connectivity index (χ2n) is 5.06. The Bertz CT molecular complexity index is 226. The van der Waals surface area contributed by atoms with Crippen LogP contribution in [0.25, 0.3) is 0 Å². The summed E-state index contributed by atoms with van der Waals surface area (Å²) in [6.45, 7) is 2.15. The number of amides is 1. The van der Waals surface area contributed by atoms with Crippen LogP contribution in [0.5, 0.6) is 0 Å². The highest BCUT2D eigenvalue weighted by atomic mass is 16.3. The summed E-state index contributed by atoms with van der Waals surface area (Å²) < 4.78 is 0. The third-order valence-corrected chi connectivity index (χ3v) is 3.93. The number of likely N-dealkylation sites (tertiary alicyclic amines) is 1. The molecule has 1 heterocycles. The molecule has 1 aliphatic carbocycles. The van der Waals surface area contributed by atoms with E-state index in [-0.39, 0.29) is 6.61 Å². The Morgan fingerprint density at radius 3 is 2.33 bits per heavy atom. The van der Waals surface area contributed by atoms with Gasteiger partial charge in [-0.05, 0) is 43.9 Å². The Balaban J connectivity index is 1.67. The topological polar surface area (TPSA) is 40.5 Å². The van der Waals surface area contributed by atoms with E-state index in [2.05, 4.69) is 0 Å². The summed E-state index contributed by atoms with van der Waals surface area (Å²) >= 11 is 0. The summed E-state index contributed by atoms with van der Waals surface area (Å²) in [5.74, 6) is 0.291. The number of hydrogen-bond donors (Lipinski definition) is 1. The molecule has 0 unspecified atom stereocenters. The molecule has 1 aliphatic heterocycles. The van der Waals surface area contributed by atoms with Crippen LogP contribution in [0.15, 0.2) is 0 Å². The van der Waals surface area contributed by atoms with Crippen molar-refractivity contribution in [3.63, 3.8) is 0 Å². The highest BCUT2D eigenvalue weighted by Crippen LogP contribution is 2.53. The van der Waals surface area contributed by atoms with E-state index in [0.717, 1.165) is 25.9 Å². The van der Waals surface area contributed by atoms with E-state index in [1.165, 1.54) is 25.7 Å². The molecule has 15 heavy (non-hydrogen) atoms. The molecule has 0 aromatic heterocycles. The standard InChI is InChI=1S/C12H21NO2/c14-10-2-1-3-11(15)13-8-6-12(4-5-12)7-9-13/h14H,1-10H2. The number of hydrogen-bond acceptors (Lipinski definition) is 2. The van der Waals surface area contributed by atoms with Crippen molar-refractivity contribution in [3.8, 4) is 0 Å². The molecule has 0 radical (unpaired) electrons. The SMILES string of the molecule is O=C(CCCCO)N1CCC2(CC1)CC2. The summed E-state index contributed by atoms with van der Waals surface area (Å²) in [6.07, 6.45) is 7.42. The lowest BCUT2D eigenvalue weighted by atomic mass is 9.93. The monoisotopic (exact) mass is 211 g/mol. The van der Waals surface area contributed by atoms with Gasteiger partial charge in [-0.1, -0.05) is 0 Å². The second-order valence-corrected chi connectivity index (χ2v) is 5.06. The van der Waals surface area contributed by atoms with Gasteiger partial charge in [0.2, 0.25) is 5.91 Å². The largest absolute Gasteiger partial charge is 0.396 e. The van der Waals surface area contributed by atoms with Gasteiger partial charge < -0.3 is 10.0 Å². The molecule has 0 aromatic carbocycles. The normalized spacial score (nSPS) is 23.1. The maximum Gasteiger partial charge on any atom is 0.222 e. The molecule has 1 amide bonds.